The summed E-state index contributed by atoms with van der Waals surface area (Å²) in [6.07, 6.45) is 2.40. The molecule has 144 valence electrons. The first-order chi connectivity index (χ1) is 12.7. The van der Waals surface area contributed by atoms with Crippen LogP contribution in [0.4, 0.5) is 5.69 Å². The number of ether oxygens (including phenoxy) is 1. The molecule has 0 aliphatic rings. The van der Waals surface area contributed by atoms with Crippen LogP contribution in [0.1, 0.15) is 5.56 Å². The highest BCUT2D eigenvalue weighted by Crippen LogP contribution is 2.32. The van der Waals surface area contributed by atoms with E-state index in [1.54, 1.807) is 30.3 Å². The minimum Gasteiger partial charge on any atom is -0.495 e. The molecule has 0 spiro atoms. The Morgan fingerprint density at radius 3 is 2.41 bits per heavy atom. The third kappa shape index (κ3) is 6.13. The molecule has 0 aliphatic heterocycles. The maximum Gasteiger partial charge on any atom is 0.260 e. The van der Waals surface area contributed by atoms with Gasteiger partial charge in [-0.3, -0.25) is 9.10 Å². The van der Waals surface area contributed by atoms with Gasteiger partial charge in [0.2, 0.25) is 10.0 Å². The Morgan fingerprint density at radius 2 is 1.81 bits per heavy atom. The fraction of sp³-hybridized carbons (Fsp3) is 0.176. The normalized spacial score (nSPS) is 11.4. The molecule has 0 atom stereocenters. The van der Waals surface area contributed by atoms with Gasteiger partial charge in [-0.15, -0.1) is 0 Å². The van der Waals surface area contributed by atoms with Gasteiger partial charge in [0.1, 0.15) is 12.3 Å². The number of anilines is 1. The molecule has 2 rings (SSSR count). The molecule has 2 aromatic rings. The highest BCUT2D eigenvalue weighted by Gasteiger charge is 2.24. The molecule has 7 nitrogen and oxygen atoms in total. The molecule has 1 N–H and O–H groups in total. The molecule has 0 unspecified atom stereocenters. The number of sulfonamides is 1. The maximum absolute atomic E-state index is 12.2. The van der Waals surface area contributed by atoms with Crippen molar-refractivity contribution < 1.29 is 17.9 Å². The van der Waals surface area contributed by atoms with E-state index >= 15 is 0 Å². The van der Waals surface area contributed by atoms with Gasteiger partial charge in [-0.1, -0.05) is 35.3 Å². The third-order valence-corrected chi connectivity index (χ3v) is 4.98. The fourth-order valence-corrected chi connectivity index (χ4v) is 3.28. The topological polar surface area (TPSA) is 88.1 Å². The number of hydrogen-bond donors (Lipinski definition) is 1. The Kier molecular flexibility index (Phi) is 7.06. The third-order valence-electron chi connectivity index (χ3n) is 3.37. The van der Waals surface area contributed by atoms with Gasteiger partial charge in [0, 0.05) is 10.0 Å². The number of methoxy groups -OCH3 is 1. The molecule has 0 radical (unpaired) electrons. The molecule has 0 heterocycles. The summed E-state index contributed by atoms with van der Waals surface area (Å²) in [5.41, 5.74) is 3.16. The largest absolute Gasteiger partial charge is 0.495 e. The van der Waals surface area contributed by atoms with Crippen LogP contribution in [0.2, 0.25) is 10.0 Å². The number of halogens is 2. The summed E-state index contributed by atoms with van der Waals surface area (Å²) >= 11 is 11.8. The molecule has 2 aromatic carbocycles. The summed E-state index contributed by atoms with van der Waals surface area (Å²) in [4.78, 5) is 12.2. The molecule has 0 aliphatic carbocycles. The average Bonchev–Trinajstić information content (AvgIpc) is 2.60. The molecule has 10 heteroatoms. The van der Waals surface area contributed by atoms with Crippen LogP contribution in [0.15, 0.2) is 47.6 Å². The van der Waals surface area contributed by atoms with E-state index in [1.165, 1.54) is 25.5 Å². The van der Waals surface area contributed by atoms with Crippen molar-refractivity contribution in [2.75, 3.05) is 24.2 Å². The number of carbonyl (C=O) groups is 1. The van der Waals surface area contributed by atoms with E-state index in [0.717, 1.165) is 16.1 Å². The minimum absolute atomic E-state index is 0.157. The predicted octanol–water partition coefficient (Wildman–Crippen LogP) is 2.92. The van der Waals surface area contributed by atoms with E-state index in [9.17, 15) is 13.2 Å². The molecule has 0 fully saturated rings. The molecule has 0 aromatic heterocycles. The van der Waals surface area contributed by atoms with Gasteiger partial charge in [0.25, 0.3) is 5.91 Å². The molecule has 27 heavy (non-hydrogen) atoms. The number of benzene rings is 2. The first-order valence-corrected chi connectivity index (χ1v) is 10.2. The Hall–Kier alpha value is -2.29. The number of amides is 1. The highest BCUT2D eigenvalue weighted by atomic mass is 35.5. The van der Waals surface area contributed by atoms with Crippen molar-refractivity contribution in [2.24, 2.45) is 5.10 Å². The smallest absolute Gasteiger partial charge is 0.260 e. The summed E-state index contributed by atoms with van der Waals surface area (Å²) in [5, 5.41) is 4.70. The molecule has 0 bridgehead atoms. The predicted molar refractivity (Wildman–Crippen MR) is 107 cm³/mol. The summed E-state index contributed by atoms with van der Waals surface area (Å²) in [6.45, 7) is -0.493. The molecular formula is C17H17Cl2N3O4S. The number of rotatable bonds is 7. The van der Waals surface area contributed by atoms with Crippen LogP contribution in [0.5, 0.6) is 5.75 Å². The van der Waals surface area contributed by atoms with Crippen molar-refractivity contribution in [1.29, 1.82) is 0 Å². The Labute approximate surface area is 167 Å². The monoisotopic (exact) mass is 429 g/mol. The van der Waals surface area contributed by atoms with Gasteiger partial charge in [0.05, 0.1) is 25.3 Å². The molecular weight excluding hydrogens is 413 g/mol. The van der Waals surface area contributed by atoms with Crippen LogP contribution in [0, 0.1) is 0 Å². The summed E-state index contributed by atoms with van der Waals surface area (Å²) < 4.78 is 30.4. The van der Waals surface area contributed by atoms with Crippen LogP contribution < -0.4 is 14.5 Å². The lowest BCUT2D eigenvalue weighted by atomic mass is 10.2. The zero-order chi connectivity index (χ0) is 20.0. The van der Waals surface area contributed by atoms with E-state index in [-0.39, 0.29) is 11.4 Å². The Morgan fingerprint density at radius 1 is 1.19 bits per heavy atom. The summed E-state index contributed by atoms with van der Waals surface area (Å²) in [5.74, 6) is -0.366. The lowest BCUT2D eigenvalue weighted by Gasteiger charge is -2.23. The maximum atomic E-state index is 12.2. The first kappa shape index (κ1) is 21.0. The highest BCUT2D eigenvalue weighted by molar-refractivity contribution is 7.92. The van der Waals surface area contributed by atoms with Gasteiger partial charge >= 0.3 is 0 Å². The quantitative estimate of drug-likeness (QED) is 0.541. The van der Waals surface area contributed by atoms with E-state index in [4.69, 9.17) is 27.9 Å². The second-order valence-electron chi connectivity index (χ2n) is 5.43. The van der Waals surface area contributed by atoms with E-state index in [2.05, 4.69) is 10.5 Å². The van der Waals surface area contributed by atoms with Crippen LogP contribution in [0.25, 0.3) is 0 Å². The van der Waals surface area contributed by atoms with Crippen LogP contribution in [0.3, 0.4) is 0 Å². The van der Waals surface area contributed by atoms with Crippen molar-refractivity contribution in [3.63, 3.8) is 0 Å². The fourth-order valence-electron chi connectivity index (χ4n) is 2.13. The van der Waals surface area contributed by atoms with Crippen molar-refractivity contribution >= 4 is 51.0 Å². The van der Waals surface area contributed by atoms with Gasteiger partial charge in [-0.25, -0.2) is 13.8 Å². The number of carbonyl (C=O) groups excluding carboxylic acids is 1. The number of nitrogens with one attached hydrogen (secondary N) is 1. The van der Waals surface area contributed by atoms with E-state index in [1.807, 2.05) is 0 Å². The lowest BCUT2D eigenvalue weighted by molar-refractivity contribution is -0.119. The zero-order valence-electron chi connectivity index (χ0n) is 14.5. The van der Waals surface area contributed by atoms with Gasteiger partial charge in [-0.05, 0) is 35.9 Å². The van der Waals surface area contributed by atoms with Crippen molar-refractivity contribution in [2.45, 2.75) is 0 Å². The standard InChI is InChI=1S/C17H17Cl2N3O4S/c1-26-16-8-7-14(19)9-15(16)22(27(2,24)25)11-17(23)21-20-10-12-3-5-13(18)6-4-12/h3-10H,11H2,1-2H3,(H,21,23)/b20-10-. The summed E-state index contributed by atoms with van der Waals surface area (Å²) in [6, 6.07) is 11.3. The Bertz CT molecular complexity index is 947. The Balaban J connectivity index is 2.16. The van der Waals surface area contributed by atoms with Crippen molar-refractivity contribution in [3.05, 3.63) is 58.1 Å². The SMILES string of the molecule is COc1ccc(Cl)cc1N(CC(=O)N/N=C\c1ccc(Cl)cc1)S(C)(=O)=O. The lowest BCUT2D eigenvalue weighted by Crippen LogP contribution is -2.39. The average molecular weight is 430 g/mol. The summed E-state index contributed by atoms with van der Waals surface area (Å²) in [7, 11) is -2.38. The first-order valence-electron chi connectivity index (χ1n) is 7.59. The second-order valence-corrected chi connectivity index (χ2v) is 8.21. The molecule has 0 saturated carbocycles. The van der Waals surface area contributed by atoms with Crippen molar-refractivity contribution in [1.82, 2.24) is 5.43 Å². The van der Waals surface area contributed by atoms with E-state index < -0.39 is 22.5 Å². The van der Waals surface area contributed by atoms with Gasteiger partial charge < -0.3 is 4.74 Å². The van der Waals surface area contributed by atoms with Crippen LogP contribution in [-0.4, -0.2) is 40.4 Å². The number of hydrazone groups is 1. The zero-order valence-corrected chi connectivity index (χ0v) is 16.8. The number of hydrogen-bond acceptors (Lipinski definition) is 5. The molecule has 0 saturated heterocycles. The molecule has 1 amide bonds. The minimum atomic E-state index is -3.78. The van der Waals surface area contributed by atoms with E-state index in [0.29, 0.717) is 10.0 Å². The van der Waals surface area contributed by atoms with Gasteiger partial charge in [0.15, 0.2) is 0 Å². The van der Waals surface area contributed by atoms with Crippen LogP contribution >= 0.6 is 23.2 Å². The second kappa shape index (κ2) is 9.07. The number of nitrogens with zero attached hydrogens (tertiary/aromatic N) is 2. The van der Waals surface area contributed by atoms with Crippen LogP contribution in [-0.2, 0) is 14.8 Å². The van der Waals surface area contributed by atoms with Crippen molar-refractivity contribution in [3.8, 4) is 5.75 Å². The van der Waals surface area contributed by atoms with Gasteiger partial charge in [-0.2, -0.15) is 5.10 Å².